The molecule has 2 nitrogen and oxygen atoms in total. The maximum absolute atomic E-state index is 5.50. The number of rotatable bonds is 4. The van der Waals surface area contributed by atoms with Crippen LogP contribution in [0.25, 0.3) is 0 Å². The Hall–Kier alpha value is -1.70. The molecule has 0 spiro atoms. The van der Waals surface area contributed by atoms with Crippen LogP contribution in [0.3, 0.4) is 0 Å². The fraction of sp³-hybridized carbons (Fsp3) is 0.333. The van der Waals surface area contributed by atoms with E-state index in [2.05, 4.69) is 43.4 Å². The van der Waals surface area contributed by atoms with E-state index in [0.717, 1.165) is 23.8 Å². The molecule has 2 aromatic rings. The Bertz CT molecular complexity index is 468. The third kappa shape index (κ3) is 3.13. The van der Waals surface area contributed by atoms with Gasteiger partial charge in [-0.3, -0.25) is 0 Å². The summed E-state index contributed by atoms with van der Waals surface area (Å²) in [6.07, 6.45) is 0. The van der Waals surface area contributed by atoms with Crippen LogP contribution in [0.2, 0.25) is 0 Å². The molecule has 0 aliphatic carbocycles. The molecule has 17 heavy (non-hydrogen) atoms. The maximum Gasteiger partial charge on any atom is 0.123 e. The molecule has 1 N–H and O–H groups in total. The van der Waals surface area contributed by atoms with Crippen molar-refractivity contribution in [3.63, 3.8) is 0 Å². The summed E-state index contributed by atoms with van der Waals surface area (Å²) in [5.74, 6) is 2.50. The Balaban J connectivity index is 1.95. The van der Waals surface area contributed by atoms with Crippen molar-refractivity contribution < 1.29 is 4.42 Å². The second kappa shape index (κ2) is 5.09. The number of aryl methyl sites for hydroxylation is 1. The first kappa shape index (κ1) is 11.8. The van der Waals surface area contributed by atoms with Gasteiger partial charge in [-0.1, -0.05) is 26.0 Å². The molecule has 0 unspecified atom stereocenters. The molecule has 0 fully saturated rings. The molecule has 1 aromatic carbocycles. The van der Waals surface area contributed by atoms with Crippen LogP contribution in [-0.2, 0) is 6.54 Å². The number of benzene rings is 1. The topological polar surface area (TPSA) is 25.2 Å². The molecule has 0 atom stereocenters. The average molecular weight is 229 g/mol. The molecule has 2 heteroatoms. The van der Waals surface area contributed by atoms with Crippen molar-refractivity contribution in [1.29, 1.82) is 0 Å². The highest BCUT2D eigenvalue weighted by Gasteiger charge is 2.00. The summed E-state index contributed by atoms with van der Waals surface area (Å²) in [7, 11) is 0. The molecule has 2 rings (SSSR count). The van der Waals surface area contributed by atoms with E-state index in [1.165, 1.54) is 5.56 Å². The highest BCUT2D eigenvalue weighted by atomic mass is 16.3. The zero-order valence-electron chi connectivity index (χ0n) is 10.7. The minimum Gasteiger partial charge on any atom is -0.465 e. The lowest BCUT2D eigenvalue weighted by Gasteiger charge is -2.08. The van der Waals surface area contributed by atoms with E-state index in [4.69, 9.17) is 4.42 Å². The SMILES string of the molecule is Cc1ccc(CNc2ccc(C(C)C)cc2)o1. The zero-order chi connectivity index (χ0) is 12.3. The summed E-state index contributed by atoms with van der Waals surface area (Å²) in [6, 6.07) is 12.6. The molecule has 0 aliphatic heterocycles. The van der Waals surface area contributed by atoms with E-state index in [9.17, 15) is 0 Å². The van der Waals surface area contributed by atoms with Crippen molar-refractivity contribution in [3.8, 4) is 0 Å². The van der Waals surface area contributed by atoms with E-state index in [0.29, 0.717) is 5.92 Å². The van der Waals surface area contributed by atoms with Gasteiger partial charge in [0.2, 0.25) is 0 Å². The van der Waals surface area contributed by atoms with Crippen molar-refractivity contribution in [2.45, 2.75) is 33.2 Å². The van der Waals surface area contributed by atoms with Crippen LogP contribution >= 0.6 is 0 Å². The van der Waals surface area contributed by atoms with Gasteiger partial charge in [0.1, 0.15) is 11.5 Å². The third-order valence-electron chi connectivity index (χ3n) is 2.84. The molecule has 0 amide bonds. The van der Waals surface area contributed by atoms with E-state index in [1.807, 2.05) is 19.1 Å². The number of hydrogen-bond donors (Lipinski definition) is 1. The lowest BCUT2D eigenvalue weighted by molar-refractivity contribution is 0.490. The largest absolute Gasteiger partial charge is 0.465 e. The number of hydrogen-bond acceptors (Lipinski definition) is 2. The minimum atomic E-state index is 0.580. The van der Waals surface area contributed by atoms with Crippen molar-refractivity contribution in [2.24, 2.45) is 0 Å². The second-order valence-electron chi connectivity index (χ2n) is 4.64. The summed E-state index contributed by atoms with van der Waals surface area (Å²) >= 11 is 0. The van der Waals surface area contributed by atoms with Gasteiger partial charge < -0.3 is 9.73 Å². The normalized spacial score (nSPS) is 10.8. The van der Waals surface area contributed by atoms with Crippen LogP contribution in [0.4, 0.5) is 5.69 Å². The summed E-state index contributed by atoms with van der Waals surface area (Å²) in [5, 5.41) is 3.35. The first-order valence-electron chi connectivity index (χ1n) is 6.04. The van der Waals surface area contributed by atoms with Crippen LogP contribution in [0, 0.1) is 6.92 Å². The first-order chi connectivity index (χ1) is 8.15. The highest BCUT2D eigenvalue weighted by molar-refractivity contribution is 5.45. The average Bonchev–Trinajstić information content (AvgIpc) is 2.73. The van der Waals surface area contributed by atoms with E-state index >= 15 is 0 Å². The van der Waals surface area contributed by atoms with Crippen LogP contribution in [0.15, 0.2) is 40.8 Å². The molecule has 0 saturated heterocycles. The van der Waals surface area contributed by atoms with Crippen LogP contribution in [-0.4, -0.2) is 0 Å². The number of nitrogens with one attached hydrogen (secondary N) is 1. The quantitative estimate of drug-likeness (QED) is 0.844. The fourth-order valence-electron chi connectivity index (χ4n) is 1.76. The Morgan fingerprint density at radius 1 is 1.06 bits per heavy atom. The Labute approximate surface area is 103 Å². The fourth-order valence-corrected chi connectivity index (χ4v) is 1.76. The molecule has 1 heterocycles. The zero-order valence-corrected chi connectivity index (χ0v) is 10.7. The van der Waals surface area contributed by atoms with Crippen LogP contribution in [0.1, 0.15) is 36.8 Å². The Morgan fingerprint density at radius 3 is 2.29 bits per heavy atom. The lowest BCUT2D eigenvalue weighted by atomic mass is 10.0. The van der Waals surface area contributed by atoms with Crippen molar-refractivity contribution in [3.05, 3.63) is 53.5 Å². The van der Waals surface area contributed by atoms with E-state index in [-0.39, 0.29) is 0 Å². The highest BCUT2D eigenvalue weighted by Crippen LogP contribution is 2.18. The van der Waals surface area contributed by atoms with Gasteiger partial charge in [-0.05, 0) is 42.7 Å². The summed E-state index contributed by atoms with van der Waals surface area (Å²) in [4.78, 5) is 0. The Kier molecular flexibility index (Phi) is 3.52. The molecular formula is C15H19NO. The van der Waals surface area contributed by atoms with Gasteiger partial charge >= 0.3 is 0 Å². The second-order valence-corrected chi connectivity index (χ2v) is 4.64. The molecule has 0 aliphatic rings. The lowest BCUT2D eigenvalue weighted by Crippen LogP contribution is -1.98. The Morgan fingerprint density at radius 2 is 1.76 bits per heavy atom. The van der Waals surface area contributed by atoms with Gasteiger partial charge in [-0.15, -0.1) is 0 Å². The summed E-state index contributed by atoms with van der Waals surface area (Å²) in [5.41, 5.74) is 2.49. The first-order valence-corrected chi connectivity index (χ1v) is 6.04. The van der Waals surface area contributed by atoms with Gasteiger partial charge in [-0.25, -0.2) is 0 Å². The van der Waals surface area contributed by atoms with Crippen molar-refractivity contribution in [1.82, 2.24) is 0 Å². The number of furan rings is 1. The number of anilines is 1. The van der Waals surface area contributed by atoms with Gasteiger partial charge in [0.15, 0.2) is 0 Å². The molecule has 0 saturated carbocycles. The van der Waals surface area contributed by atoms with Crippen molar-refractivity contribution >= 4 is 5.69 Å². The standard InChI is InChI=1S/C15H19NO/c1-11(2)13-5-7-14(8-6-13)16-10-15-9-4-12(3)17-15/h4-9,11,16H,10H2,1-3H3. The van der Waals surface area contributed by atoms with E-state index in [1.54, 1.807) is 0 Å². The summed E-state index contributed by atoms with van der Waals surface area (Å²) in [6.45, 7) is 7.10. The van der Waals surface area contributed by atoms with Gasteiger partial charge in [-0.2, -0.15) is 0 Å². The molecule has 1 aromatic heterocycles. The monoisotopic (exact) mass is 229 g/mol. The third-order valence-corrected chi connectivity index (χ3v) is 2.84. The smallest absolute Gasteiger partial charge is 0.123 e. The minimum absolute atomic E-state index is 0.580. The molecule has 90 valence electrons. The van der Waals surface area contributed by atoms with Gasteiger partial charge in [0.25, 0.3) is 0 Å². The molecule has 0 radical (unpaired) electrons. The predicted molar refractivity (Wildman–Crippen MR) is 71.3 cm³/mol. The molecular weight excluding hydrogens is 210 g/mol. The predicted octanol–water partition coefficient (Wildman–Crippen LogP) is 4.32. The van der Waals surface area contributed by atoms with Gasteiger partial charge in [0, 0.05) is 5.69 Å². The van der Waals surface area contributed by atoms with Crippen LogP contribution < -0.4 is 5.32 Å². The van der Waals surface area contributed by atoms with Gasteiger partial charge in [0.05, 0.1) is 6.54 Å². The van der Waals surface area contributed by atoms with Crippen molar-refractivity contribution in [2.75, 3.05) is 5.32 Å². The van der Waals surface area contributed by atoms with E-state index < -0.39 is 0 Å². The summed E-state index contributed by atoms with van der Waals surface area (Å²) < 4.78 is 5.50. The van der Waals surface area contributed by atoms with Crippen LogP contribution in [0.5, 0.6) is 0 Å². The molecule has 0 bridgehead atoms. The maximum atomic E-state index is 5.50.